The van der Waals surface area contributed by atoms with Crippen molar-refractivity contribution in [2.75, 3.05) is 39.6 Å². The van der Waals surface area contributed by atoms with E-state index in [9.17, 15) is 43.2 Å². The van der Waals surface area contributed by atoms with Crippen LogP contribution in [0, 0.1) is 11.8 Å². The highest BCUT2D eigenvalue weighted by Gasteiger charge is 2.30. The van der Waals surface area contributed by atoms with E-state index in [0.29, 0.717) is 25.7 Å². The molecule has 3 N–H and O–H groups in total. The summed E-state index contributed by atoms with van der Waals surface area (Å²) < 4.78 is 68.0. The van der Waals surface area contributed by atoms with Crippen LogP contribution in [0.1, 0.15) is 337 Å². The minimum absolute atomic E-state index is 0.103. The van der Waals surface area contributed by atoms with E-state index in [1.54, 1.807) is 0 Å². The number of aliphatic hydroxyl groups is 1. The van der Waals surface area contributed by atoms with Crippen LogP contribution in [0.3, 0.4) is 0 Å². The molecule has 0 amide bonds. The summed E-state index contributed by atoms with van der Waals surface area (Å²) in [6.45, 7) is 9.48. The fourth-order valence-corrected chi connectivity index (χ4v) is 11.6. The minimum atomic E-state index is -4.95. The zero-order chi connectivity index (χ0) is 63.6. The molecule has 0 saturated heterocycles. The summed E-state index contributed by atoms with van der Waals surface area (Å²) in [6.07, 6.45) is 43.1. The van der Waals surface area contributed by atoms with Crippen molar-refractivity contribution in [2.45, 2.75) is 355 Å². The summed E-state index contributed by atoms with van der Waals surface area (Å²) >= 11 is 0. The van der Waals surface area contributed by atoms with E-state index >= 15 is 0 Å². The van der Waals surface area contributed by atoms with Crippen molar-refractivity contribution >= 4 is 39.5 Å². The van der Waals surface area contributed by atoms with Crippen LogP contribution >= 0.6 is 15.6 Å². The molecule has 0 aliphatic carbocycles. The van der Waals surface area contributed by atoms with Crippen molar-refractivity contribution in [2.24, 2.45) is 11.8 Å². The third kappa shape index (κ3) is 58.4. The number of carbonyl (C=O) groups excluding carboxylic acids is 4. The normalized spacial score (nSPS) is 14.8. The zero-order valence-corrected chi connectivity index (χ0v) is 57.4. The van der Waals surface area contributed by atoms with Gasteiger partial charge >= 0.3 is 39.5 Å². The molecule has 17 nitrogen and oxygen atoms in total. The van der Waals surface area contributed by atoms with Gasteiger partial charge in [0, 0.05) is 25.7 Å². The van der Waals surface area contributed by atoms with Crippen LogP contribution in [-0.2, 0) is 65.4 Å². The Hall–Kier alpha value is -1.94. The summed E-state index contributed by atoms with van der Waals surface area (Å²) in [7, 11) is -9.89. The molecule has 0 rings (SSSR count). The number of hydrogen-bond donors (Lipinski definition) is 3. The maximum Gasteiger partial charge on any atom is 0.472 e. The van der Waals surface area contributed by atoms with E-state index < -0.39 is 97.5 Å². The van der Waals surface area contributed by atoms with Gasteiger partial charge in [0.2, 0.25) is 0 Å². The lowest BCUT2D eigenvalue weighted by atomic mass is 9.99. The molecule has 19 heteroatoms. The van der Waals surface area contributed by atoms with Gasteiger partial charge in [-0.25, -0.2) is 9.13 Å². The lowest BCUT2D eigenvalue weighted by Crippen LogP contribution is -2.30. The van der Waals surface area contributed by atoms with Crippen LogP contribution in [0.2, 0.25) is 0 Å². The molecule has 4 unspecified atom stereocenters. The van der Waals surface area contributed by atoms with Crippen molar-refractivity contribution < 1.29 is 80.2 Å². The average molecular weight is 1270 g/mol. The number of hydrogen-bond acceptors (Lipinski definition) is 15. The molecule has 0 aliphatic heterocycles. The molecule has 0 aliphatic rings. The highest BCUT2D eigenvalue weighted by molar-refractivity contribution is 7.47. The molecule has 86 heavy (non-hydrogen) atoms. The van der Waals surface area contributed by atoms with Crippen molar-refractivity contribution in [3.63, 3.8) is 0 Å². The van der Waals surface area contributed by atoms with Crippen molar-refractivity contribution in [3.8, 4) is 0 Å². The molecule has 510 valence electrons. The molecule has 0 saturated carbocycles. The summed E-state index contributed by atoms with van der Waals surface area (Å²) in [5.41, 5.74) is 0. The molecule has 0 aromatic heterocycles. The third-order valence-corrected chi connectivity index (χ3v) is 18.1. The van der Waals surface area contributed by atoms with Gasteiger partial charge in [-0.05, 0) is 37.5 Å². The number of aliphatic hydroxyl groups excluding tert-OH is 1. The molecule has 0 spiro atoms. The number of phosphoric ester groups is 2. The molecular formula is C67H130O17P2. The van der Waals surface area contributed by atoms with Crippen molar-refractivity contribution in [1.82, 2.24) is 0 Å². The first kappa shape index (κ1) is 84.1. The highest BCUT2D eigenvalue weighted by Crippen LogP contribution is 2.45. The Kier molecular flexibility index (Phi) is 58.0. The highest BCUT2D eigenvalue weighted by atomic mass is 31.2. The summed E-state index contributed by atoms with van der Waals surface area (Å²) in [6, 6.07) is 0. The van der Waals surface area contributed by atoms with E-state index in [1.165, 1.54) is 141 Å². The van der Waals surface area contributed by atoms with Gasteiger partial charge in [-0.3, -0.25) is 37.3 Å². The number of esters is 4. The quantitative estimate of drug-likeness (QED) is 0.0222. The lowest BCUT2D eigenvalue weighted by Gasteiger charge is -2.21. The second-order valence-electron chi connectivity index (χ2n) is 24.7. The van der Waals surface area contributed by atoms with Gasteiger partial charge in [0.15, 0.2) is 12.2 Å². The van der Waals surface area contributed by atoms with Crippen molar-refractivity contribution in [3.05, 3.63) is 0 Å². The molecule has 0 heterocycles. The van der Waals surface area contributed by atoms with Crippen LogP contribution in [-0.4, -0.2) is 96.7 Å². The Morgan fingerprint density at radius 3 is 0.826 bits per heavy atom. The molecule has 0 aromatic rings. The molecule has 0 aromatic carbocycles. The van der Waals surface area contributed by atoms with Gasteiger partial charge in [-0.1, -0.05) is 286 Å². The molecule has 0 fully saturated rings. The number of rotatable bonds is 66. The third-order valence-electron chi connectivity index (χ3n) is 16.2. The molecule has 7 atom stereocenters. The van der Waals surface area contributed by atoms with Crippen LogP contribution in [0.5, 0.6) is 0 Å². The van der Waals surface area contributed by atoms with E-state index in [1.807, 2.05) is 0 Å². The lowest BCUT2D eigenvalue weighted by molar-refractivity contribution is -0.161. The van der Waals surface area contributed by atoms with Gasteiger partial charge in [0.05, 0.1) is 26.4 Å². The van der Waals surface area contributed by atoms with E-state index in [2.05, 4.69) is 41.5 Å². The van der Waals surface area contributed by atoms with Crippen LogP contribution in [0.15, 0.2) is 0 Å². The summed E-state index contributed by atoms with van der Waals surface area (Å²) in [4.78, 5) is 72.2. The smallest absolute Gasteiger partial charge is 0.462 e. The van der Waals surface area contributed by atoms with E-state index in [-0.39, 0.29) is 25.7 Å². The van der Waals surface area contributed by atoms with Gasteiger partial charge in [0.1, 0.15) is 19.3 Å². The van der Waals surface area contributed by atoms with Gasteiger partial charge in [-0.15, -0.1) is 0 Å². The first-order valence-corrected chi connectivity index (χ1v) is 38.1. The summed E-state index contributed by atoms with van der Waals surface area (Å²) in [5, 5.41) is 10.5. The molecule has 0 bridgehead atoms. The second-order valence-corrected chi connectivity index (χ2v) is 27.6. The Morgan fingerprint density at radius 1 is 0.326 bits per heavy atom. The van der Waals surface area contributed by atoms with E-state index in [4.69, 9.17) is 37.0 Å². The number of carbonyl (C=O) groups is 4. The number of ether oxygens (including phenoxy) is 4. The zero-order valence-electron chi connectivity index (χ0n) is 55.6. The maximum atomic E-state index is 13.0. The average Bonchev–Trinajstić information content (AvgIpc) is 3.65. The second kappa shape index (κ2) is 59.4. The van der Waals surface area contributed by atoms with Crippen LogP contribution in [0.25, 0.3) is 0 Å². The largest absolute Gasteiger partial charge is 0.472 e. The van der Waals surface area contributed by atoms with Crippen molar-refractivity contribution in [1.29, 1.82) is 0 Å². The SMILES string of the molecule is CCCCCCCCCCCCCC(=O)OC[C@H](COP(=O)(O)OC[C@@H](O)COP(=O)(O)OC[C@@H](COC(=O)CCCCCCCCC)OC(=O)CCCCCCCCC(C)CC)OC(=O)CCCCCCCCCCCCCCCCC(C)CC. The predicted octanol–water partition coefficient (Wildman–Crippen LogP) is 18.8. The monoisotopic (exact) mass is 1270 g/mol. The van der Waals surface area contributed by atoms with Gasteiger partial charge in [0.25, 0.3) is 0 Å². The Bertz CT molecular complexity index is 1690. The first-order chi connectivity index (χ1) is 41.4. The van der Waals surface area contributed by atoms with Gasteiger partial charge < -0.3 is 33.8 Å². The number of phosphoric acid groups is 2. The maximum absolute atomic E-state index is 13.0. The van der Waals surface area contributed by atoms with E-state index in [0.717, 1.165) is 115 Å². The summed E-state index contributed by atoms with van der Waals surface area (Å²) in [5.74, 6) is -0.569. The number of unbranched alkanes of at least 4 members (excludes halogenated alkanes) is 34. The Balaban J connectivity index is 5.19. The fraction of sp³-hybridized carbons (Fsp3) is 0.940. The van der Waals surface area contributed by atoms with Gasteiger partial charge in [-0.2, -0.15) is 0 Å². The molecular weight excluding hydrogens is 1140 g/mol. The predicted molar refractivity (Wildman–Crippen MR) is 345 cm³/mol. The standard InChI is InChI=1S/C67H130O17P2/c1-7-11-13-15-17-18-23-27-31-38-44-50-65(70)78-56-62(83-66(71)51-45-39-32-28-25-22-20-19-21-24-26-30-35-41-47-59(5)9-3)57-81-85(73,74)79-53-61(68)54-80-86(75,76)82-58-63(55-77-64(69)49-43-37-29-16-14-12-8-2)84-67(72)52-46-40-34-33-36-42-48-60(6)10-4/h59-63,68H,7-58H2,1-6H3,(H,73,74)(H,75,76)/t59?,60?,61-,62-,63-/m1/s1. The Morgan fingerprint density at radius 2 is 0.558 bits per heavy atom. The topological polar surface area (TPSA) is 237 Å². The van der Waals surface area contributed by atoms with Crippen LogP contribution in [0.4, 0.5) is 0 Å². The Labute approximate surface area is 524 Å². The molecule has 0 radical (unpaired) electrons. The minimum Gasteiger partial charge on any atom is -0.462 e. The van der Waals surface area contributed by atoms with Crippen LogP contribution < -0.4 is 0 Å². The fourth-order valence-electron chi connectivity index (χ4n) is 10.00. The first-order valence-electron chi connectivity index (χ1n) is 35.1.